The van der Waals surface area contributed by atoms with Crippen LogP contribution in [0.3, 0.4) is 0 Å². The highest BCUT2D eigenvalue weighted by molar-refractivity contribution is 7.90. The van der Waals surface area contributed by atoms with E-state index in [9.17, 15) is 8.42 Å². The summed E-state index contributed by atoms with van der Waals surface area (Å²) in [6, 6.07) is 9.22. The van der Waals surface area contributed by atoms with Crippen LogP contribution in [0.1, 0.15) is 24.6 Å². The lowest BCUT2D eigenvalue weighted by molar-refractivity contribution is 0.127. The van der Waals surface area contributed by atoms with E-state index in [1.807, 2.05) is 30.3 Å². The SMILES string of the molecule is O=S(=O)(Cc1nc(COc2ccccc2)no1)CC1CCCO1. The third-order valence-corrected chi connectivity index (χ3v) is 4.99. The zero-order valence-corrected chi connectivity index (χ0v) is 13.4. The minimum atomic E-state index is -3.33. The maximum Gasteiger partial charge on any atom is 0.241 e. The Kier molecular flexibility index (Phi) is 4.92. The fourth-order valence-corrected chi connectivity index (χ4v) is 3.82. The third-order valence-electron chi connectivity index (χ3n) is 3.43. The van der Waals surface area contributed by atoms with Gasteiger partial charge in [0.2, 0.25) is 11.7 Å². The van der Waals surface area contributed by atoms with Gasteiger partial charge in [0.25, 0.3) is 0 Å². The van der Waals surface area contributed by atoms with E-state index in [1.54, 1.807) is 0 Å². The van der Waals surface area contributed by atoms with Crippen LogP contribution >= 0.6 is 0 Å². The average Bonchev–Trinajstić information content (AvgIpc) is 3.17. The molecule has 0 saturated carbocycles. The Hall–Kier alpha value is -1.93. The Morgan fingerprint density at radius 2 is 2.09 bits per heavy atom. The van der Waals surface area contributed by atoms with Crippen molar-refractivity contribution in [3.63, 3.8) is 0 Å². The summed E-state index contributed by atoms with van der Waals surface area (Å²) in [5.74, 6) is 0.798. The van der Waals surface area contributed by atoms with E-state index >= 15 is 0 Å². The van der Waals surface area contributed by atoms with Crippen molar-refractivity contribution in [3.8, 4) is 5.75 Å². The van der Waals surface area contributed by atoms with Crippen LogP contribution in [0.4, 0.5) is 0 Å². The molecule has 124 valence electrons. The molecule has 1 unspecified atom stereocenters. The van der Waals surface area contributed by atoms with Gasteiger partial charge >= 0.3 is 0 Å². The first-order valence-corrected chi connectivity index (χ1v) is 9.24. The highest BCUT2D eigenvalue weighted by atomic mass is 32.2. The molecule has 0 aliphatic carbocycles. The topological polar surface area (TPSA) is 91.5 Å². The van der Waals surface area contributed by atoms with Crippen molar-refractivity contribution in [1.29, 1.82) is 0 Å². The van der Waals surface area contributed by atoms with E-state index < -0.39 is 9.84 Å². The molecule has 1 atom stereocenters. The summed E-state index contributed by atoms with van der Waals surface area (Å²) in [7, 11) is -3.33. The quantitative estimate of drug-likeness (QED) is 0.759. The standard InChI is InChI=1S/C15H18N2O5S/c18-23(19,10-13-7-4-8-20-13)11-15-16-14(17-22-15)9-21-12-5-2-1-3-6-12/h1-3,5-6,13H,4,7-11H2. The number of hydrogen-bond acceptors (Lipinski definition) is 7. The van der Waals surface area contributed by atoms with Crippen LogP contribution in [0.2, 0.25) is 0 Å². The minimum absolute atomic E-state index is 0.00870. The van der Waals surface area contributed by atoms with E-state index in [0.717, 1.165) is 12.8 Å². The minimum Gasteiger partial charge on any atom is -0.485 e. The molecule has 0 spiro atoms. The lowest BCUT2D eigenvalue weighted by Gasteiger charge is -2.08. The number of benzene rings is 1. The van der Waals surface area contributed by atoms with Crippen LogP contribution in [0.5, 0.6) is 5.75 Å². The Bertz CT molecular complexity index is 723. The molecule has 2 heterocycles. The van der Waals surface area contributed by atoms with Gasteiger partial charge in [0.1, 0.15) is 11.5 Å². The lowest BCUT2D eigenvalue weighted by Crippen LogP contribution is -2.21. The van der Waals surface area contributed by atoms with Crippen molar-refractivity contribution in [1.82, 2.24) is 10.1 Å². The van der Waals surface area contributed by atoms with Crippen LogP contribution in [0.25, 0.3) is 0 Å². The fourth-order valence-electron chi connectivity index (χ4n) is 2.38. The van der Waals surface area contributed by atoms with E-state index in [2.05, 4.69) is 10.1 Å². The summed E-state index contributed by atoms with van der Waals surface area (Å²) < 4.78 is 40.0. The van der Waals surface area contributed by atoms with Gasteiger partial charge < -0.3 is 14.0 Å². The number of hydrogen-bond donors (Lipinski definition) is 0. The summed E-state index contributed by atoms with van der Waals surface area (Å²) in [5.41, 5.74) is 0. The van der Waals surface area contributed by atoms with Crippen LogP contribution < -0.4 is 4.74 Å². The van der Waals surface area contributed by atoms with Gasteiger partial charge in [-0.25, -0.2) is 8.42 Å². The molecule has 1 aliphatic heterocycles. The summed E-state index contributed by atoms with van der Waals surface area (Å²) >= 11 is 0. The first-order chi connectivity index (χ1) is 11.1. The molecule has 1 aliphatic rings. The van der Waals surface area contributed by atoms with Crippen molar-refractivity contribution in [2.45, 2.75) is 31.3 Å². The van der Waals surface area contributed by atoms with E-state index in [0.29, 0.717) is 18.2 Å². The average molecular weight is 338 g/mol. The molecule has 0 radical (unpaired) electrons. The molecule has 0 bridgehead atoms. The smallest absolute Gasteiger partial charge is 0.241 e. The number of rotatable bonds is 7. The summed E-state index contributed by atoms with van der Waals surface area (Å²) in [5, 5.41) is 3.74. The molecular weight excluding hydrogens is 320 g/mol. The first-order valence-electron chi connectivity index (χ1n) is 7.42. The van der Waals surface area contributed by atoms with Gasteiger partial charge in [-0.3, -0.25) is 0 Å². The second kappa shape index (κ2) is 7.10. The van der Waals surface area contributed by atoms with Gasteiger partial charge in [0.15, 0.2) is 16.4 Å². The maximum absolute atomic E-state index is 12.1. The molecule has 2 aromatic rings. The molecule has 8 heteroatoms. The monoisotopic (exact) mass is 338 g/mol. The molecule has 1 aromatic heterocycles. The molecule has 3 rings (SSSR count). The molecule has 7 nitrogen and oxygen atoms in total. The van der Waals surface area contributed by atoms with E-state index in [1.165, 1.54) is 0 Å². The second-order valence-electron chi connectivity index (χ2n) is 5.40. The predicted molar refractivity (Wildman–Crippen MR) is 81.5 cm³/mol. The number of aromatic nitrogens is 2. The van der Waals surface area contributed by atoms with Crippen molar-refractivity contribution in [2.75, 3.05) is 12.4 Å². The predicted octanol–water partition coefficient (Wildman–Crippen LogP) is 1.74. The molecule has 1 saturated heterocycles. The van der Waals surface area contributed by atoms with E-state index in [4.69, 9.17) is 14.0 Å². The largest absolute Gasteiger partial charge is 0.485 e. The Morgan fingerprint density at radius 1 is 1.26 bits per heavy atom. The molecule has 0 N–H and O–H groups in total. The third kappa shape index (κ3) is 4.77. The summed E-state index contributed by atoms with van der Waals surface area (Å²) in [6.07, 6.45) is 1.46. The molecule has 23 heavy (non-hydrogen) atoms. The van der Waals surface area contributed by atoms with Crippen molar-refractivity contribution < 1.29 is 22.4 Å². The van der Waals surface area contributed by atoms with Crippen molar-refractivity contribution in [2.24, 2.45) is 0 Å². The van der Waals surface area contributed by atoms with Crippen LogP contribution in [-0.4, -0.2) is 37.0 Å². The van der Waals surface area contributed by atoms with Gasteiger partial charge in [-0.15, -0.1) is 0 Å². The fraction of sp³-hybridized carbons (Fsp3) is 0.467. The van der Waals surface area contributed by atoms with Crippen LogP contribution in [0, 0.1) is 0 Å². The number of para-hydroxylation sites is 1. The summed E-state index contributed by atoms with van der Waals surface area (Å²) in [4.78, 5) is 4.06. The highest BCUT2D eigenvalue weighted by Gasteiger charge is 2.25. The number of nitrogens with zero attached hydrogens (tertiary/aromatic N) is 2. The molecular formula is C15H18N2O5S. The number of ether oxygens (including phenoxy) is 2. The highest BCUT2D eigenvalue weighted by Crippen LogP contribution is 2.16. The van der Waals surface area contributed by atoms with Gasteiger partial charge in [-0.2, -0.15) is 4.98 Å². The normalized spacial score (nSPS) is 18.2. The zero-order chi connectivity index (χ0) is 16.1. The zero-order valence-electron chi connectivity index (χ0n) is 12.6. The Morgan fingerprint density at radius 3 is 2.83 bits per heavy atom. The first kappa shape index (κ1) is 15.9. The van der Waals surface area contributed by atoms with Crippen LogP contribution in [0.15, 0.2) is 34.9 Å². The Labute approximate surface area is 134 Å². The summed E-state index contributed by atoms with van der Waals surface area (Å²) in [6.45, 7) is 0.751. The number of sulfone groups is 1. The van der Waals surface area contributed by atoms with Crippen LogP contribution in [-0.2, 0) is 26.9 Å². The lowest BCUT2D eigenvalue weighted by atomic mass is 10.3. The molecule has 1 aromatic carbocycles. The van der Waals surface area contributed by atoms with Gasteiger partial charge in [-0.05, 0) is 25.0 Å². The maximum atomic E-state index is 12.1. The van der Waals surface area contributed by atoms with Crippen molar-refractivity contribution in [3.05, 3.63) is 42.0 Å². The van der Waals surface area contributed by atoms with Crippen molar-refractivity contribution >= 4 is 9.84 Å². The second-order valence-corrected chi connectivity index (χ2v) is 7.50. The molecule has 0 amide bonds. The Balaban J connectivity index is 1.54. The van der Waals surface area contributed by atoms with E-state index in [-0.39, 0.29) is 30.1 Å². The van der Waals surface area contributed by atoms with Gasteiger partial charge in [0, 0.05) is 6.61 Å². The van der Waals surface area contributed by atoms with Gasteiger partial charge in [-0.1, -0.05) is 23.4 Å². The molecule has 1 fully saturated rings. The van der Waals surface area contributed by atoms with Gasteiger partial charge in [0.05, 0.1) is 11.9 Å².